The van der Waals surface area contributed by atoms with E-state index in [1.54, 1.807) is 0 Å². The summed E-state index contributed by atoms with van der Waals surface area (Å²) in [5.74, 6) is 0.694. The highest BCUT2D eigenvalue weighted by molar-refractivity contribution is 6.26. The van der Waals surface area contributed by atoms with E-state index in [0.29, 0.717) is 5.82 Å². The van der Waals surface area contributed by atoms with E-state index in [2.05, 4.69) is 173 Å². The maximum Gasteiger partial charge on any atom is 0.160 e. The highest BCUT2D eigenvalue weighted by Gasteiger charge is 2.26. The third kappa shape index (κ3) is 4.32. The molecule has 0 atom stereocenters. The van der Waals surface area contributed by atoms with Crippen LogP contribution in [0, 0.1) is 0 Å². The fourth-order valence-corrected chi connectivity index (χ4v) is 7.57. The highest BCUT2D eigenvalue weighted by atomic mass is 15.1. The third-order valence-corrected chi connectivity index (χ3v) is 9.72. The summed E-state index contributed by atoms with van der Waals surface area (Å²) in [6.07, 6.45) is 0. The van der Waals surface area contributed by atoms with Gasteiger partial charge in [0.25, 0.3) is 0 Å². The Morgan fingerprint density at radius 2 is 0.820 bits per heavy atom. The molecule has 4 nitrogen and oxygen atoms in total. The van der Waals surface area contributed by atoms with Crippen LogP contribution in [0.1, 0.15) is 0 Å². The molecule has 0 saturated carbocycles. The molecule has 10 rings (SSSR count). The van der Waals surface area contributed by atoms with Crippen LogP contribution in [-0.4, -0.2) is 19.1 Å². The van der Waals surface area contributed by atoms with Crippen LogP contribution in [0.2, 0.25) is 0 Å². The van der Waals surface area contributed by atoms with Gasteiger partial charge in [0.2, 0.25) is 0 Å². The predicted octanol–water partition coefficient (Wildman–Crippen LogP) is 11.7. The number of rotatable bonds is 5. The molecule has 50 heavy (non-hydrogen) atoms. The topological polar surface area (TPSA) is 35.6 Å². The molecule has 0 aliphatic heterocycles. The molecular weight excluding hydrogens is 609 g/mol. The van der Waals surface area contributed by atoms with Crippen LogP contribution in [-0.2, 0) is 0 Å². The zero-order chi connectivity index (χ0) is 33.0. The van der Waals surface area contributed by atoms with Gasteiger partial charge in [0.05, 0.1) is 39.1 Å². The molecule has 0 aliphatic rings. The Kier molecular flexibility index (Phi) is 6.46. The number of nitrogens with zero attached hydrogens (tertiary/aromatic N) is 4. The van der Waals surface area contributed by atoms with Crippen molar-refractivity contribution in [3.8, 4) is 45.3 Å². The zero-order valence-corrected chi connectivity index (χ0v) is 27.1. The lowest BCUT2D eigenvalue weighted by molar-refractivity contribution is 1.09. The number of hydrogen-bond donors (Lipinski definition) is 0. The van der Waals surface area contributed by atoms with E-state index in [0.717, 1.165) is 50.5 Å². The van der Waals surface area contributed by atoms with Crippen molar-refractivity contribution in [2.24, 2.45) is 0 Å². The summed E-state index contributed by atoms with van der Waals surface area (Å²) < 4.78 is 4.82. The molecule has 0 amide bonds. The van der Waals surface area contributed by atoms with E-state index >= 15 is 0 Å². The van der Waals surface area contributed by atoms with Crippen molar-refractivity contribution in [1.29, 1.82) is 0 Å². The van der Waals surface area contributed by atoms with Crippen LogP contribution < -0.4 is 0 Å². The summed E-state index contributed by atoms with van der Waals surface area (Å²) in [5, 5.41) is 4.83. The quantitative estimate of drug-likeness (QED) is 0.188. The van der Waals surface area contributed by atoms with Crippen LogP contribution in [0.25, 0.3) is 88.9 Å². The molecule has 0 fully saturated rings. The van der Waals surface area contributed by atoms with Crippen molar-refractivity contribution < 1.29 is 0 Å². The summed E-state index contributed by atoms with van der Waals surface area (Å²) in [4.78, 5) is 10.8. The fourth-order valence-electron chi connectivity index (χ4n) is 7.57. The van der Waals surface area contributed by atoms with E-state index in [9.17, 15) is 0 Å². The van der Waals surface area contributed by atoms with E-state index in [4.69, 9.17) is 9.97 Å². The van der Waals surface area contributed by atoms with Crippen molar-refractivity contribution >= 4 is 43.6 Å². The summed E-state index contributed by atoms with van der Waals surface area (Å²) in [6, 6.07) is 64.1. The van der Waals surface area contributed by atoms with Gasteiger partial charge in [0.15, 0.2) is 5.82 Å². The van der Waals surface area contributed by atoms with Crippen molar-refractivity contribution in [2.45, 2.75) is 0 Å². The second-order valence-electron chi connectivity index (χ2n) is 12.6. The van der Waals surface area contributed by atoms with E-state index in [-0.39, 0.29) is 0 Å². The zero-order valence-electron chi connectivity index (χ0n) is 27.1. The van der Waals surface area contributed by atoms with E-state index < -0.39 is 0 Å². The number of aromatic nitrogens is 4. The third-order valence-electron chi connectivity index (χ3n) is 9.72. The maximum absolute atomic E-state index is 5.39. The first-order valence-electron chi connectivity index (χ1n) is 16.9. The van der Waals surface area contributed by atoms with Crippen LogP contribution in [0.5, 0.6) is 0 Å². The van der Waals surface area contributed by atoms with Crippen LogP contribution in [0.4, 0.5) is 0 Å². The van der Waals surface area contributed by atoms with Gasteiger partial charge >= 0.3 is 0 Å². The van der Waals surface area contributed by atoms with Gasteiger partial charge in [-0.15, -0.1) is 0 Å². The summed E-state index contributed by atoms with van der Waals surface area (Å²) in [7, 11) is 0. The number of fused-ring (bicyclic) bond motifs is 7. The average molecular weight is 639 g/mol. The molecule has 234 valence electrons. The highest BCUT2D eigenvalue weighted by Crippen LogP contribution is 2.45. The standard InChI is InChI=1S/C46H30N4/c1-5-17-31(18-6-1)42-45(43(32-19-7-2-8-20-32)48-46(47-42)33-21-9-3-10-22-33)50-39-28-16-14-26-37(39)41-40(50)30-29-36-35-25-13-15-27-38(35)49(44(36)41)34-23-11-4-12-24-34/h1-30H. The number of para-hydroxylation sites is 3. The normalized spacial score (nSPS) is 11.6. The fraction of sp³-hybridized carbons (Fsp3) is 0. The summed E-state index contributed by atoms with van der Waals surface area (Å²) >= 11 is 0. The van der Waals surface area contributed by atoms with Crippen LogP contribution >= 0.6 is 0 Å². The Labute approximate surface area is 289 Å². The minimum Gasteiger partial charge on any atom is -0.309 e. The molecule has 0 bridgehead atoms. The van der Waals surface area contributed by atoms with Crippen molar-refractivity contribution in [3.63, 3.8) is 0 Å². The molecule has 10 aromatic rings. The maximum atomic E-state index is 5.39. The van der Waals surface area contributed by atoms with Gasteiger partial charge in [-0.3, -0.25) is 0 Å². The van der Waals surface area contributed by atoms with Crippen LogP contribution in [0.15, 0.2) is 182 Å². The molecule has 0 saturated heterocycles. The van der Waals surface area contributed by atoms with Gasteiger partial charge in [0, 0.05) is 43.9 Å². The summed E-state index contributed by atoms with van der Waals surface area (Å²) in [6.45, 7) is 0. The molecular formula is C46H30N4. The average Bonchev–Trinajstić information content (AvgIpc) is 3.71. The smallest absolute Gasteiger partial charge is 0.160 e. The summed E-state index contributed by atoms with van der Waals surface area (Å²) in [5.41, 5.74) is 11.5. The minimum absolute atomic E-state index is 0.694. The molecule has 0 spiro atoms. The lowest BCUT2D eigenvalue weighted by Gasteiger charge is -2.19. The molecule has 3 heterocycles. The number of benzene rings is 7. The molecule has 0 radical (unpaired) electrons. The van der Waals surface area contributed by atoms with Crippen molar-refractivity contribution in [3.05, 3.63) is 182 Å². The van der Waals surface area contributed by atoms with Crippen molar-refractivity contribution in [2.75, 3.05) is 0 Å². The van der Waals surface area contributed by atoms with Crippen molar-refractivity contribution in [1.82, 2.24) is 19.1 Å². The first-order chi connectivity index (χ1) is 24.8. The predicted molar refractivity (Wildman–Crippen MR) is 207 cm³/mol. The minimum atomic E-state index is 0.694. The van der Waals surface area contributed by atoms with Gasteiger partial charge < -0.3 is 9.13 Å². The van der Waals surface area contributed by atoms with Crippen LogP contribution in [0.3, 0.4) is 0 Å². The van der Waals surface area contributed by atoms with Gasteiger partial charge in [-0.2, -0.15) is 0 Å². The number of hydrogen-bond acceptors (Lipinski definition) is 2. The second-order valence-corrected chi connectivity index (χ2v) is 12.6. The SMILES string of the molecule is c1ccc(-c2nc(-c3ccccc3)c(-n3c4ccccc4c4c3ccc3c5ccccc5n(-c5ccccc5)c34)c(-c3ccccc3)n2)cc1. The Morgan fingerprint density at radius 1 is 0.340 bits per heavy atom. The molecule has 7 aromatic carbocycles. The lowest BCUT2D eigenvalue weighted by Crippen LogP contribution is -2.06. The Balaban J connectivity index is 1.42. The van der Waals surface area contributed by atoms with Gasteiger partial charge in [0.1, 0.15) is 0 Å². The largest absolute Gasteiger partial charge is 0.309 e. The lowest BCUT2D eigenvalue weighted by atomic mass is 10.0. The molecule has 4 heteroatoms. The van der Waals surface area contributed by atoms with Gasteiger partial charge in [-0.05, 0) is 30.3 Å². The van der Waals surface area contributed by atoms with E-state index in [1.165, 1.54) is 32.6 Å². The van der Waals surface area contributed by atoms with Gasteiger partial charge in [-0.1, -0.05) is 152 Å². The Hall–Kier alpha value is -6.78. The molecule has 0 N–H and O–H groups in total. The Morgan fingerprint density at radius 3 is 1.42 bits per heavy atom. The van der Waals surface area contributed by atoms with E-state index in [1.807, 2.05) is 18.2 Å². The monoisotopic (exact) mass is 638 g/mol. The molecule has 0 unspecified atom stereocenters. The first-order valence-corrected chi connectivity index (χ1v) is 16.9. The second kappa shape index (κ2) is 11.4. The molecule has 0 aliphatic carbocycles. The molecule has 3 aromatic heterocycles. The first kappa shape index (κ1) is 28.3. The Bertz CT molecular complexity index is 2770. The van der Waals surface area contributed by atoms with Gasteiger partial charge in [-0.25, -0.2) is 9.97 Å².